The monoisotopic (exact) mass is 588 g/mol. The molecule has 1 amide bonds. The summed E-state index contributed by atoms with van der Waals surface area (Å²) in [6, 6.07) is 32.1. The number of para-hydroxylation sites is 3. The van der Waals surface area contributed by atoms with Gasteiger partial charge in [-0.2, -0.15) is 5.10 Å². The van der Waals surface area contributed by atoms with E-state index in [-0.39, 0.29) is 18.5 Å². The van der Waals surface area contributed by atoms with Gasteiger partial charge in [0.1, 0.15) is 5.75 Å². The molecule has 0 aliphatic carbocycles. The van der Waals surface area contributed by atoms with Gasteiger partial charge in [-0.1, -0.05) is 41.9 Å². The number of nitrogens with zero attached hydrogens (tertiary/aromatic N) is 5. The van der Waals surface area contributed by atoms with E-state index in [1.807, 2.05) is 94.3 Å². The molecule has 10 nitrogen and oxygen atoms in total. The molecule has 11 heteroatoms. The highest BCUT2D eigenvalue weighted by atomic mass is 35.5. The molecule has 0 radical (unpaired) electrons. The van der Waals surface area contributed by atoms with Crippen LogP contribution in [0, 0.1) is 0 Å². The number of nitrogens with two attached hydrogens (primary N) is 1. The summed E-state index contributed by atoms with van der Waals surface area (Å²) in [5, 5.41) is 11.5. The Morgan fingerprint density at radius 1 is 0.953 bits per heavy atom. The number of hydrogen-bond donors (Lipinski definition) is 3. The number of ether oxygens (including phenoxy) is 1. The number of guanidine groups is 1. The predicted molar refractivity (Wildman–Crippen MR) is 168 cm³/mol. The number of rotatable bonds is 7. The molecule has 43 heavy (non-hydrogen) atoms. The summed E-state index contributed by atoms with van der Waals surface area (Å²) in [6.45, 7) is -0.143. The van der Waals surface area contributed by atoms with E-state index in [0.29, 0.717) is 22.4 Å². The first kappa shape index (κ1) is 26.3. The molecule has 2 aromatic heterocycles. The summed E-state index contributed by atoms with van der Waals surface area (Å²) in [6.07, 6.45) is 1.46. The van der Waals surface area contributed by atoms with Crippen LogP contribution in [-0.4, -0.2) is 37.8 Å². The summed E-state index contributed by atoms with van der Waals surface area (Å²) in [5.74, 6) is 1.15. The van der Waals surface area contributed by atoms with Crippen molar-refractivity contribution in [2.45, 2.75) is 6.17 Å². The fraction of sp³-hybridized carbons (Fsp3) is 0.0625. The highest BCUT2D eigenvalue weighted by molar-refractivity contribution is 6.30. The normalized spacial score (nSPS) is 14.1. The van der Waals surface area contributed by atoms with Gasteiger partial charge in [0.2, 0.25) is 5.95 Å². The second kappa shape index (κ2) is 11.0. The maximum Gasteiger partial charge on any atom is 0.262 e. The summed E-state index contributed by atoms with van der Waals surface area (Å²) in [4.78, 5) is 21.9. The molecule has 212 valence electrons. The third kappa shape index (κ3) is 5.27. The van der Waals surface area contributed by atoms with Crippen LogP contribution in [0.25, 0.3) is 28.0 Å². The number of amides is 1. The smallest absolute Gasteiger partial charge is 0.262 e. The van der Waals surface area contributed by atoms with E-state index < -0.39 is 6.17 Å². The van der Waals surface area contributed by atoms with Gasteiger partial charge in [0.05, 0.1) is 22.4 Å². The SMILES string of the molecule is NC1=NC(c2cn(-c3ccccc3)nc2-c2ccc(OCC(=O)Nc3ccc(Cl)cc3)cc2)n2c(nc3ccccc32)N1. The molecular weight excluding hydrogens is 564 g/mol. The second-order valence-corrected chi connectivity index (χ2v) is 10.3. The topological polar surface area (TPSA) is 124 Å². The van der Waals surface area contributed by atoms with E-state index in [9.17, 15) is 4.79 Å². The number of imidazole rings is 1. The van der Waals surface area contributed by atoms with Crippen LogP contribution < -0.4 is 21.1 Å². The Kier molecular flexibility index (Phi) is 6.72. The lowest BCUT2D eigenvalue weighted by atomic mass is 10.1. The quantitative estimate of drug-likeness (QED) is 0.215. The number of carbonyl (C=O) groups is 1. The molecule has 0 saturated heterocycles. The average Bonchev–Trinajstić information content (AvgIpc) is 3.64. The van der Waals surface area contributed by atoms with E-state index in [2.05, 4.69) is 10.6 Å². The number of hydrogen-bond acceptors (Lipinski definition) is 7. The van der Waals surface area contributed by atoms with Crippen molar-refractivity contribution in [2.75, 3.05) is 17.2 Å². The Morgan fingerprint density at radius 3 is 2.49 bits per heavy atom. The van der Waals surface area contributed by atoms with E-state index in [4.69, 9.17) is 37.1 Å². The van der Waals surface area contributed by atoms with Crippen molar-refractivity contribution in [2.24, 2.45) is 10.7 Å². The number of aliphatic imine (C=N–C) groups is 1. The summed E-state index contributed by atoms with van der Waals surface area (Å²) in [5.41, 5.74) is 12.0. The molecule has 1 unspecified atom stereocenters. The minimum Gasteiger partial charge on any atom is -0.484 e. The van der Waals surface area contributed by atoms with Crippen molar-refractivity contribution < 1.29 is 9.53 Å². The Bertz CT molecular complexity index is 1970. The number of aromatic nitrogens is 4. The van der Waals surface area contributed by atoms with E-state index in [1.54, 1.807) is 24.3 Å². The third-order valence-electron chi connectivity index (χ3n) is 7.01. The number of benzene rings is 4. The molecule has 4 aromatic carbocycles. The first-order chi connectivity index (χ1) is 21.0. The van der Waals surface area contributed by atoms with Gasteiger partial charge in [-0.05, 0) is 72.8 Å². The van der Waals surface area contributed by atoms with Crippen molar-refractivity contribution >= 4 is 46.1 Å². The Balaban J connectivity index is 1.21. The molecule has 0 saturated carbocycles. The summed E-state index contributed by atoms with van der Waals surface area (Å²) < 4.78 is 9.61. The zero-order valence-corrected chi connectivity index (χ0v) is 23.4. The van der Waals surface area contributed by atoms with Gasteiger partial charge >= 0.3 is 0 Å². The standard InChI is InChI=1S/C32H25ClN8O2/c33-21-12-14-22(15-13-21)35-28(42)19-43-24-16-10-20(11-17-24)29-25(18-40(39-29)23-6-2-1-3-7-23)30-37-31(34)38-32-36-26-8-4-5-9-27(26)41(30)32/h1-18,30H,19H2,(H,35,42)(H3,34,36,37,38). The molecule has 7 rings (SSSR count). The predicted octanol–water partition coefficient (Wildman–Crippen LogP) is 5.85. The van der Waals surface area contributed by atoms with Gasteiger partial charge in [0.25, 0.3) is 5.91 Å². The third-order valence-corrected chi connectivity index (χ3v) is 7.26. The minimum absolute atomic E-state index is 0.143. The first-order valence-electron chi connectivity index (χ1n) is 13.5. The van der Waals surface area contributed by atoms with Crippen LogP contribution in [0.1, 0.15) is 11.7 Å². The number of anilines is 2. The molecule has 3 heterocycles. The van der Waals surface area contributed by atoms with Crippen LogP contribution in [-0.2, 0) is 4.79 Å². The average molecular weight is 589 g/mol. The van der Waals surface area contributed by atoms with Gasteiger partial charge in [0.15, 0.2) is 18.7 Å². The fourth-order valence-corrected chi connectivity index (χ4v) is 5.15. The van der Waals surface area contributed by atoms with Gasteiger partial charge in [-0.25, -0.2) is 14.7 Å². The van der Waals surface area contributed by atoms with Crippen molar-refractivity contribution in [3.8, 4) is 22.7 Å². The summed E-state index contributed by atoms with van der Waals surface area (Å²) >= 11 is 5.92. The number of nitrogens with one attached hydrogen (secondary N) is 2. The lowest BCUT2D eigenvalue weighted by Gasteiger charge is -2.23. The molecule has 0 bridgehead atoms. The van der Waals surface area contributed by atoms with Crippen LogP contribution in [0.4, 0.5) is 11.6 Å². The highest BCUT2D eigenvalue weighted by Gasteiger charge is 2.29. The lowest BCUT2D eigenvalue weighted by Crippen LogP contribution is -2.31. The molecule has 4 N–H and O–H groups in total. The minimum atomic E-state index is -0.511. The zero-order valence-electron chi connectivity index (χ0n) is 22.7. The highest BCUT2D eigenvalue weighted by Crippen LogP contribution is 2.37. The van der Waals surface area contributed by atoms with Crippen LogP contribution in [0.3, 0.4) is 0 Å². The van der Waals surface area contributed by atoms with E-state index in [1.165, 1.54) is 0 Å². The van der Waals surface area contributed by atoms with Gasteiger partial charge in [-0.15, -0.1) is 0 Å². The van der Waals surface area contributed by atoms with E-state index in [0.717, 1.165) is 33.5 Å². The fourth-order valence-electron chi connectivity index (χ4n) is 5.03. The van der Waals surface area contributed by atoms with Crippen molar-refractivity contribution in [1.82, 2.24) is 19.3 Å². The van der Waals surface area contributed by atoms with Gasteiger partial charge in [0, 0.05) is 28.0 Å². The molecule has 1 aliphatic rings. The van der Waals surface area contributed by atoms with Crippen LogP contribution in [0.15, 0.2) is 114 Å². The lowest BCUT2D eigenvalue weighted by molar-refractivity contribution is -0.118. The molecule has 1 aliphatic heterocycles. The summed E-state index contributed by atoms with van der Waals surface area (Å²) in [7, 11) is 0. The molecular formula is C32H25ClN8O2. The second-order valence-electron chi connectivity index (χ2n) is 9.89. The Morgan fingerprint density at radius 2 is 1.70 bits per heavy atom. The number of fused-ring (bicyclic) bond motifs is 3. The maximum absolute atomic E-state index is 12.4. The number of carbonyl (C=O) groups excluding carboxylic acids is 1. The zero-order chi connectivity index (χ0) is 29.3. The maximum atomic E-state index is 12.4. The molecule has 1 atom stereocenters. The number of halogens is 1. The van der Waals surface area contributed by atoms with Crippen molar-refractivity contribution in [3.05, 3.63) is 120 Å². The largest absolute Gasteiger partial charge is 0.484 e. The van der Waals surface area contributed by atoms with Gasteiger partial charge < -0.3 is 15.8 Å². The molecule has 0 spiro atoms. The van der Waals surface area contributed by atoms with E-state index >= 15 is 0 Å². The van der Waals surface area contributed by atoms with Crippen molar-refractivity contribution in [1.29, 1.82) is 0 Å². The first-order valence-corrected chi connectivity index (χ1v) is 13.9. The van der Waals surface area contributed by atoms with Crippen LogP contribution >= 0.6 is 11.6 Å². The molecule has 6 aromatic rings. The van der Waals surface area contributed by atoms with Crippen LogP contribution in [0.5, 0.6) is 5.75 Å². The van der Waals surface area contributed by atoms with Crippen LogP contribution in [0.2, 0.25) is 5.02 Å². The van der Waals surface area contributed by atoms with Crippen molar-refractivity contribution in [3.63, 3.8) is 0 Å². The van der Waals surface area contributed by atoms with Gasteiger partial charge in [-0.3, -0.25) is 14.7 Å². The Labute approximate surface area is 251 Å². The Hall–Kier alpha value is -5.61. The molecule has 0 fully saturated rings.